The van der Waals surface area contributed by atoms with Gasteiger partial charge in [0, 0.05) is 6.20 Å². The third-order valence-electron chi connectivity index (χ3n) is 2.10. The summed E-state index contributed by atoms with van der Waals surface area (Å²) < 4.78 is 0. The van der Waals surface area contributed by atoms with Gasteiger partial charge in [0.05, 0.1) is 6.04 Å². The topological polar surface area (TPSA) is 68.0 Å². The van der Waals surface area contributed by atoms with Gasteiger partial charge in [0.1, 0.15) is 5.82 Å². The summed E-state index contributed by atoms with van der Waals surface area (Å²) >= 11 is 0. The second-order valence-corrected chi connectivity index (χ2v) is 3.60. The number of carbonyl (C=O) groups is 1. The number of rotatable bonds is 4. The van der Waals surface area contributed by atoms with E-state index >= 15 is 0 Å². The molecule has 5 heteroatoms. The number of pyridine rings is 1. The number of amides is 1. The van der Waals surface area contributed by atoms with E-state index in [9.17, 15) is 4.79 Å². The summed E-state index contributed by atoms with van der Waals surface area (Å²) in [5.41, 5.74) is 6.73. The maximum Gasteiger partial charge on any atom is 0.242 e. The summed E-state index contributed by atoms with van der Waals surface area (Å²) in [5.74, 6) is 0.390. The number of nitrogens with one attached hydrogen (secondary N) is 1. The molecule has 1 atom stereocenters. The molecule has 1 aromatic rings. The number of anilines is 1. The van der Waals surface area contributed by atoms with Crippen LogP contribution in [0.2, 0.25) is 0 Å². The number of aryl methyl sites for hydroxylation is 1. The molecule has 0 saturated heterocycles. The molecule has 1 unspecified atom stereocenters. The zero-order valence-corrected chi connectivity index (χ0v) is 10.4. The third kappa shape index (κ3) is 4.59. The minimum Gasteiger partial charge on any atom is -0.320 e. The van der Waals surface area contributed by atoms with Crippen LogP contribution in [-0.4, -0.2) is 16.9 Å². The summed E-state index contributed by atoms with van der Waals surface area (Å²) in [4.78, 5) is 15.6. The van der Waals surface area contributed by atoms with Gasteiger partial charge in [-0.05, 0) is 31.0 Å². The fourth-order valence-corrected chi connectivity index (χ4v) is 1.27. The number of halogens is 1. The monoisotopic (exact) mass is 243 g/mol. The predicted octanol–water partition coefficient (Wildman–Crippen LogP) is 1.88. The Hall–Kier alpha value is -1.13. The van der Waals surface area contributed by atoms with Gasteiger partial charge in [0.2, 0.25) is 5.91 Å². The molecule has 1 rings (SSSR count). The van der Waals surface area contributed by atoms with Gasteiger partial charge >= 0.3 is 0 Å². The second kappa shape index (κ2) is 7.19. The molecular formula is C11H18ClN3O. The Morgan fingerprint density at radius 1 is 1.62 bits per heavy atom. The van der Waals surface area contributed by atoms with Gasteiger partial charge in [0.25, 0.3) is 0 Å². The molecule has 4 nitrogen and oxygen atoms in total. The van der Waals surface area contributed by atoms with Crippen LogP contribution in [0.25, 0.3) is 0 Å². The van der Waals surface area contributed by atoms with Crippen LogP contribution in [0.15, 0.2) is 18.3 Å². The zero-order chi connectivity index (χ0) is 11.3. The molecule has 0 aromatic carbocycles. The molecule has 1 aromatic heterocycles. The quantitative estimate of drug-likeness (QED) is 0.849. The first-order chi connectivity index (χ1) is 7.13. The van der Waals surface area contributed by atoms with Crippen molar-refractivity contribution in [2.75, 3.05) is 5.32 Å². The second-order valence-electron chi connectivity index (χ2n) is 3.60. The number of nitrogens with two attached hydrogens (primary N) is 1. The Morgan fingerprint density at radius 3 is 2.88 bits per heavy atom. The van der Waals surface area contributed by atoms with E-state index in [2.05, 4.69) is 10.3 Å². The lowest BCUT2D eigenvalue weighted by Gasteiger charge is -2.10. The molecule has 0 aliphatic rings. The number of hydrogen-bond acceptors (Lipinski definition) is 3. The van der Waals surface area contributed by atoms with Gasteiger partial charge in [-0.3, -0.25) is 4.79 Å². The lowest BCUT2D eigenvalue weighted by atomic mass is 10.1. The predicted molar refractivity (Wildman–Crippen MR) is 67.7 cm³/mol. The van der Waals surface area contributed by atoms with Crippen LogP contribution in [0.5, 0.6) is 0 Å². The largest absolute Gasteiger partial charge is 0.320 e. The first kappa shape index (κ1) is 14.9. The van der Waals surface area contributed by atoms with Gasteiger partial charge in [-0.15, -0.1) is 12.4 Å². The molecule has 90 valence electrons. The molecule has 3 N–H and O–H groups in total. The summed E-state index contributed by atoms with van der Waals surface area (Å²) in [6, 6.07) is 3.25. The highest BCUT2D eigenvalue weighted by Gasteiger charge is 2.12. The molecule has 0 bridgehead atoms. The summed E-state index contributed by atoms with van der Waals surface area (Å²) in [5, 5.41) is 2.69. The van der Waals surface area contributed by atoms with Crippen molar-refractivity contribution in [3.63, 3.8) is 0 Å². The molecule has 1 amide bonds. The van der Waals surface area contributed by atoms with E-state index in [1.54, 1.807) is 6.20 Å². The van der Waals surface area contributed by atoms with E-state index in [-0.39, 0.29) is 18.3 Å². The Bertz CT molecular complexity index is 344. The van der Waals surface area contributed by atoms with Crippen molar-refractivity contribution in [1.82, 2.24) is 4.98 Å². The van der Waals surface area contributed by atoms with Crippen molar-refractivity contribution in [2.24, 2.45) is 5.73 Å². The fourth-order valence-electron chi connectivity index (χ4n) is 1.27. The molecule has 0 saturated carbocycles. The van der Waals surface area contributed by atoms with Gasteiger partial charge in [-0.25, -0.2) is 4.98 Å². The van der Waals surface area contributed by atoms with Gasteiger partial charge in [0.15, 0.2) is 0 Å². The van der Waals surface area contributed by atoms with E-state index in [0.717, 1.165) is 12.0 Å². The Morgan fingerprint density at radius 2 is 2.31 bits per heavy atom. The SMILES string of the molecule is CCCC(N)C(=O)Nc1cc(C)ccn1.Cl. The fraction of sp³-hybridized carbons (Fsp3) is 0.455. The minimum atomic E-state index is -0.447. The van der Waals surface area contributed by atoms with Gasteiger partial charge in [-0.2, -0.15) is 0 Å². The van der Waals surface area contributed by atoms with Crippen LogP contribution >= 0.6 is 12.4 Å². The van der Waals surface area contributed by atoms with Crippen molar-refractivity contribution >= 4 is 24.1 Å². The molecule has 0 spiro atoms. The number of aromatic nitrogens is 1. The molecule has 16 heavy (non-hydrogen) atoms. The van der Waals surface area contributed by atoms with Crippen LogP contribution in [0.4, 0.5) is 5.82 Å². The maximum atomic E-state index is 11.5. The van der Waals surface area contributed by atoms with Gasteiger partial charge in [-0.1, -0.05) is 13.3 Å². The lowest BCUT2D eigenvalue weighted by molar-refractivity contribution is -0.117. The van der Waals surface area contributed by atoms with E-state index in [1.165, 1.54) is 0 Å². The smallest absolute Gasteiger partial charge is 0.242 e. The van der Waals surface area contributed by atoms with Crippen LogP contribution in [-0.2, 0) is 4.79 Å². The molecule has 0 aliphatic heterocycles. The van der Waals surface area contributed by atoms with Crippen molar-refractivity contribution in [2.45, 2.75) is 32.7 Å². The number of nitrogens with zero attached hydrogens (tertiary/aromatic N) is 1. The lowest BCUT2D eigenvalue weighted by Crippen LogP contribution is -2.35. The van der Waals surface area contributed by atoms with Crippen molar-refractivity contribution in [3.8, 4) is 0 Å². The average molecular weight is 244 g/mol. The maximum absolute atomic E-state index is 11.5. The van der Waals surface area contributed by atoms with Crippen molar-refractivity contribution < 1.29 is 4.79 Å². The number of hydrogen-bond donors (Lipinski definition) is 2. The van der Waals surface area contributed by atoms with Crippen LogP contribution in [0.3, 0.4) is 0 Å². The highest BCUT2D eigenvalue weighted by Crippen LogP contribution is 2.06. The standard InChI is InChI=1S/C11H17N3O.ClH/c1-3-4-9(12)11(15)14-10-7-8(2)5-6-13-10;/h5-7,9H,3-4,12H2,1-2H3,(H,13,14,15);1H. The highest BCUT2D eigenvalue weighted by molar-refractivity contribution is 5.93. The van der Waals surface area contributed by atoms with Gasteiger partial charge < -0.3 is 11.1 Å². The number of carbonyl (C=O) groups excluding carboxylic acids is 1. The molecule has 0 aliphatic carbocycles. The van der Waals surface area contributed by atoms with Crippen LogP contribution in [0.1, 0.15) is 25.3 Å². The first-order valence-electron chi connectivity index (χ1n) is 5.12. The highest BCUT2D eigenvalue weighted by atomic mass is 35.5. The van der Waals surface area contributed by atoms with Crippen molar-refractivity contribution in [3.05, 3.63) is 23.9 Å². The normalized spacial score (nSPS) is 11.4. The molecule has 0 radical (unpaired) electrons. The van der Waals surface area contributed by atoms with E-state index in [1.807, 2.05) is 26.0 Å². The van der Waals surface area contributed by atoms with Crippen LogP contribution < -0.4 is 11.1 Å². The summed E-state index contributed by atoms with van der Waals surface area (Å²) in [6.45, 7) is 3.95. The Labute approximate surface area is 102 Å². The van der Waals surface area contributed by atoms with E-state index in [4.69, 9.17) is 5.73 Å². The first-order valence-corrected chi connectivity index (χ1v) is 5.12. The summed E-state index contributed by atoms with van der Waals surface area (Å²) in [6.07, 6.45) is 3.25. The molecular weight excluding hydrogens is 226 g/mol. The van der Waals surface area contributed by atoms with Crippen molar-refractivity contribution in [1.29, 1.82) is 0 Å². The average Bonchev–Trinajstić information content (AvgIpc) is 2.18. The Kier molecular flexibility index (Phi) is 6.69. The molecule has 1 heterocycles. The summed E-state index contributed by atoms with van der Waals surface area (Å²) in [7, 11) is 0. The zero-order valence-electron chi connectivity index (χ0n) is 9.56. The van der Waals surface area contributed by atoms with E-state index in [0.29, 0.717) is 12.2 Å². The van der Waals surface area contributed by atoms with E-state index < -0.39 is 6.04 Å². The molecule has 0 fully saturated rings. The Balaban J connectivity index is 0.00000225. The van der Waals surface area contributed by atoms with Crippen LogP contribution in [0, 0.1) is 6.92 Å². The minimum absolute atomic E-state index is 0. The third-order valence-corrected chi connectivity index (χ3v) is 2.10.